The standard InChI is InChI=1S/C84H26N2O4/c1-3-13-87-15-77-9-11-79(89-77)75-76(86-18-8-6-5-7-17(18)85-75)80-12-10-78(90-80,16-88-14-4-2)82-70-61-54-46-37-29-22-20-19-21-23-24(22)31-35(29)48(54)56-50-39(31)38-30(23)34-28(21)36-32-25(19)27-26(20)33(37)42-44-40(27)43-41(32)51-45(36)53-47(34)55-49(38)59(50)68-71-64(55)60(53)69-62(51)66-57(43)58(44)67(63(70)52(42)46)74(82)73(66)81(69,77)83(71,79)84(80,82)72(68)65(56)61/h3-8H,1-2,9-16H2/t77-,78+,79+,80-,81?,82?,83?,84?. The Labute approximate surface area is 496 Å². The molecule has 396 valence electrons. The number of nitrogens with zero attached hydrogens (tertiary/aromatic N) is 2. The molecule has 27 aromatic carbocycles. The highest BCUT2D eigenvalue weighted by Crippen LogP contribution is 3.02. The van der Waals surface area contributed by atoms with Crippen molar-refractivity contribution >= 4 is 280 Å². The van der Waals surface area contributed by atoms with Crippen LogP contribution in [0.1, 0.15) is 70.5 Å². The van der Waals surface area contributed by atoms with Crippen LogP contribution in [0, 0.1) is 0 Å². The minimum absolute atomic E-state index is 0.455. The minimum Gasteiger partial charge on any atom is -0.374 e. The highest BCUT2D eigenvalue weighted by Gasteiger charge is 3.06. The molecule has 28 aromatic rings. The first kappa shape index (κ1) is 36.9. The number of benzene rings is 18. The average molecular weight is 1130 g/mol. The predicted octanol–water partition coefficient (Wildman–Crippen LogP) is 18.8. The van der Waals surface area contributed by atoms with Gasteiger partial charge < -0.3 is 18.9 Å². The van der Waals surface area contributed by atoms with E-state index < -0.39 is 44.1 Å². The number of fused-ring (bicyclic) bond motifs is 4. The summed E-state index contributed by atoms with van der Waals surface area (Å²) in [5.74, 6) is 0. The van der Waals surface area contributed by atoms with Crippen molar-refractivity contribution in [2.75, 3.05) is 26.4 Å². The van der Waals surface area contributed by atoms with Gasteiger partial charge in [0.2, 0.25) is 0 Å². The highest BCUT2D eigenvalue weighted by molar-refractivity contribution is 6.81. The summed E-state index contributed by atoms with van der Waals surface area (Å²) in [6.07, 6.45) is 7.32. The van der Waals surface area contributed by atoms with Crippen LogP contribution in [0.2, 0.25) is 0 Å². The lowest BCUT2D eigenvalue weighted by Gasteiger charge is -2.76. The van der Waals surface area contributed by atoms with Crippen molar-refractivity contribution < 1.29 is 18.9 Å². The summed E-state index contributed by atoms with van der Waals surface area (Å²) in [6.45, 7) is 10.6. The molecule has 0 N–H and O–H groups in total. The fraction of sp³-hybridized carbons (Fsp3) is 0.190. The molecule has 6 heteroatoms. The minimum atomic E-state index is -0.965. The van der Waals surface area contributed by atoms with Crippen LogP contribution in [-0.2, 0) is 51.8 Å². The molecule has 11 aliphatic rings. The summed E-state index contributed by atoms with van der Waals surface area (Å²) in [7, 11) is 0. The van der Waals surface area contributed by atoms with Gasteiger partial charge in [0.1, 0.15) is 22.4 Å². The monoisotopic (exact) mass is 1130 g/mol. The van der Waals surface area contributed by atoms with E-state index in [1.54, 1.807) is 303 Å². The van der Waals surface area contributed by atoms with E-state index in [4.69, 9.17) is 19.4 Å². The fourth-order valence-corrected chi connectivity index (χ4v) is 33.2. The molecule has 6 nitrogen and oxygen atoms in total. The normalized spacial score (nSPS) is 32.2. The second-order valence-electron chi connectivity index (χ2n) is 32.9. The lowest BCUT2D eigenvalue weighted by molar-refractivity contribution is -0.155. The van der Waals surface area contributed by atoms with Crippen molar-refractivity contribution in [2.24, 2.45) is 0 Å². The van der Waals surface area contributed by atoms with Gasteiger partial charge in [-0.25, -0.2) is 9.97 Å². The highest BCUT2D eigenvalue weighted by atomic mass is 16.6. The Balaban J connectivity index is 1.01. The summed E-state index contributed by atoms with van der Waals surface area (Å²) < 4.78 is 33.8. The van der Waals surface area contributed by atoms with Gasteiger partial charge in [0, 0.05) is 0 Å². The van der Waals surface area contributed by atoms with Crippen LogP contribution in [0.3, 0.4) is 0 Å². The van der Waals surface area contributed by atoms with Crippen LogP contribution in [0.5, 0.6) is 0 Å². The van der Waals surface area contributed by atoms with E-state index in [9.17, 15) is 9.47 Å². The molecule has 6 spiro atoms. The van der Waals surface area contributed by atoms with Gasteiger partial charge in [-0.1, -0.05) is 24.3 Å². The summed E-state index contributed by atoms with van der Waals surface area (Å²) in [5.41, 5.74) is 6.97. The molecular formula is C84H26N2O4. The van der Waals surface area contributed by atoms with Gasteiger partial charge in [-0.05, 0) is 341 Å². The Morgan fingerprint density at radius 2 is 0.556 bits per heavy atom. The van der Waals surface area contributed by atoms with E-state index in [1.165, 1.54) is 0 Å². The number of rotatable bonds is 8. The fourth-order valence-electron chi connectivity index (χ4n) is 33.2. The van der Waals surface area contributed by atoms with Gasteiger partial charge in [-0.3, -0.25) is 0 Å². The van der Waals surface area contributed by atoms with Crippen molar-refractivity contribution in [3.63, 3.8) is 0 Å². The molecular weight excluding hydrogens is 1100 g/mol. The molecule has 4 aliphatic heterocycles. The third-order valence-electron chi connectivity index (χ3n) is 32.7. The molecule has 4 saturated heterocycles. The Kier molecular flexibility index (Phi) is 3.54. The number of ether oxygens (including phenoxy) is 4. The van der Waals surface area contributed by atoms with Crippen LogP contribution in [-0.4, -0.2) is 47.6 Å². The number of hydrogen-bond acceptors (Lipinski definition) is 6. The molecule has 0 radical (unpaired) electrons. The Morgan fingerprint density at radius 3 is 0.833 bits per heavy atom. The van der Waals surface area contributed by atoms with E-state index in [0.717, 1.165) is 48.1 Å². The first-order chi connectivity index (χ1) is 44.6. The maximum Gasteiger partial charge on any atom is 0.125 e. The molecule has 7 aliphatic carbocycles. The molecule has 0 saturated carbocycles. The van der Waals surface area contributed by atoms with Gasteiger partial charge in [-0.2, -0.15) is 0 Å². The number of para-hydroxylation sites is 2. The number of aromatic nitrogens is 2. The van der Waals surface area contributed by atoms with E-state index in [-0.39, 0.29) is 0 Å². The zero-order chi connectivity index (χ0) is 54.8. The summed E-state index contributed by atoms with van der Waals surface area (Å²) in [4.78, 5) is 12.7. The van der Waals surface area contributed by atoms with E-state index >= 15 is 0 Å². The smallest absolute Gasteiger partial charge is 0.125 e. The van der Waals surface area contributed by atoms with Crippen molar-refractivity contribution in [1.82, 2.24) is 9.97 Å². The summed E-state index contributed by atoms with van der Waals surface area (Å²) >= 11 is 0. The summed E-state index contributed by atoms with van der Waals surface area (Å²) in [5, 5.41) is 79.7. The molecule has 8 atom stereocenters. The van der Waals surface area contributed by atoms with Crippen LogP contribution in [0.15, 0.2) is 49.6 Å². The maximum atomic E-state index is 9.39. The maximum absolute atomic E-state index is 9.39. The van der Waals surface area contributed by atoms with Crippen LogP contribution < -0.4 is 0 Å². The molecule has 4 unspecified atom stereocenters. The van der Waals surface area contributed by atoms with Crippen molar-refractivity contribution in [3.05, 3.63) is 94.3 Å². The molecule has 0 amide bonds. The van der Waals surface area contributed by atoms with Crippen molar-refractivity contribution in [1.29, 1.82) is 0 Å². The first-order valence-electron chi connectivity index (χ1n) is 33.7. The largest absolute Gasteiger partial charge is 0.374 e. The first-order valence-corrected chi connectivity index (χ1v) is 33.7. The Bertz CT molecular complexity index is 8240. The lowest BCUT2D eigenvalue weighted by Crippen LogP contribution is -2.85. The third-order valence-corrected chi connectivity index (χ3v) is 32.7. The molecule has 90 heavy (non-hydrogen) atoms. The molecule has 1 aromatic heterocycles. The van der Waals surface area contributed by atoms with E-state index in [1.807, 2.05) is 12.2 Å². The second-order valence-corrected chi connectivity index (χ2v) is 32.9. The number of hydrogen-bond donors (Lipinski definition) is 0. The van der Waals surface area contributed by atoms with Gasteiger partial charge in [0.15, 0.2) is 0 Å². The van der Waals surface area contributed by atoms with E-state index in [2.05, 4.69) is 37.4 Å². The van der Waals surface area contributed by atoms with Crippen molar-refractivity contribution in [2.45, 2.75) is 69.7 Å². The van der Waals surface area contributed by atoms with Crippen LogP contribution in [0.4, 0.5) is 0 Å². The molecule has 39 rings (SSSR count). The molecule has 4 bridgehead atoms. The third kappa shape index (κ3) is 2.00. The Morgan fingerprint density at radius 1 is 0.311 bits per heavy atom. The van der Waals surface area contributed by atoms with E-state index in [0.29, 0.717) is 26.4 Å². The lowest BCUT2D eigenvalue weighted by atomic mass is 9.21. The van der Waals surface area contributed by atoms with Gasteiger partial charge >= 0.3 is 0 Å². The average Bonchev–Trinajstić information content (AvgIpc) is 1.34. The Hall–Kier alpha value is -9.40. The van der Waals surface area contributed by atoms with Gasteiger partial charge in [0.05, 0.1) is 70.5 Å². The molecule has 4 fully saturated rings. The summed E-state index contributed by atoms with van der Waals surface area (Å²) in [6, 6.07) is 8.85. The van der Waals surface area contributed by atoms with Crippen LogP contribution >= 0.6 is 0 Å². The second kappa shape index (κ2) is 8.64. The zero-order valence-electron chi connectivity index (χ0n) is 47.1. The topological polar surface area (TPSA) is 62.7 Å². The van der Waals surface area contributed by atoms with Crippen molar-refractivity contribution in [3.8, 4) is 0 Å². The predicted molar refractivity (Wildman–Crippen MR) is 360 cm³/mol. The van der Waals surface area contributed by atoms with Gasteiger partial charge in [0.25, 0.3) is 0 Å². The van der Waals surface area contributed by atoms with Crippen LogP contribution in [0.25, 0.3) is 280 Å². The SMILES string of the molecule is C=CCOC[C@@]12CC[C@]3(O1)c1nc4ccccc4nc1[C@@]14CC[C@@](COCC=C)(O1)C15c6c7c8c9c%10c%11c%12c%13c%14c(c%15c%16c1c1c6c6c8c8c%17c9c9c%11c%11c%12c%12c%14c%14c%15c%15c%16c%16c1c1c6c8c6c8c%17c9c9c%11c%11c%12c%14c%12c%15c%14c%16c1c6c1c%14c%12c%11c9c81)C54C%133C7%102. The van der Waals surface area contributed by atoms with Gasteiger partial charge in [-0.15, -0.1) is 13.2 Å². The molecule has 5 heterocycles. The zero-order valence-corrected chi connectivity index (χ0v) is 47.1. The quantitative estimate of drug-likeness (QED) is 0.0858.